The molecule has 1 aromatic carbocycles. The molecule has 0 aromatic heterocycles. The number of para-hydroxylation sites is 1. The fourth-order valence-electron chi connectivity index (χ4n) is 2.91. The minimum atomic E-state index is -0.728. The summed E-state index contributed by atoms with van der Waals surface area (Å²) in [6.07, 6.45) is 5.66. The molecule has 0 saturated carbocycles. The van der Waals surface area contributed by atoms with Crippen molar-refractivity contribution in [1.29, 1.82) is 0 Å². The van der Waals surface area contributed by atoms with Crippen molar-refractivity contribution in [2.75, 3.05) is 13.7 Å². The van der Waals surface area contributed by atoms with Gasteiger partial charge in [0, 0.05) is 6.61 Å². The second-order valence-corrected chi connectivity index (χ2v) is 5.62. The zero-order chi connectivity index (χ0) is 15.1. The van der Waals surface area contributed by atoms with Crippen molar-refractivity contribution in [2.45, 2.75) is 44.6 Å². The molecule has 21 heavy (non-hydrogen) atoms. The predicted octanol–water partition coefficient (Wildman–Crippen LogP) is 3.29. The van der Waals surface area contributed by atoms with Crippen LogP contribution in [0, 0.1) is 5.92 Å². The number of hydrogen-bond acceptors (Lipinski definition) is 3. The molecule has 1 aromatic rings. The first-order valence-corrected chi connectivity index (χ1v) is 7.67. The summed E-state index contributed by atoms with van der Waals surface area (Å²) in [5.41, 5.74) is 0.963. The van der Waals surface area contributed by atoms with Gasteiger partial charge in [-0.25, -0.2) is 0 Å². The number of carbonyl (C=O) groups is 1. The highest BCUT2D eigenvalue weighted by molar-refractivity contribution is 5.70. The number of methoxy groups -OCH3 is 1. The van der Waals surface area contributed by atoms with E-state index in [1.165, 1.54) is 0 Å². The van der Waals surface area contributed by atoms with E-state index in [0.717, 1.165) is 43.6 Å². The second-order valence-electron chi connectivity index (χ2n) is 5.62. The van der Waals surface area contributed by atoms with Crippen LogP contribution in [0.5, 0.6) is 5.75 Å². The summed E-state index contributed by atoms with van der Waals surface area (Å²) in [7, 11) is 1.62. The van der Waals surface area contributed by atoms with Crippen molar-refractivity contribution in [1.82, 2.24) is 0 Å². The van der Waals surface area contributed by atoms with E-state index in [9.17, 15) is 9.90 Å². The van der Waals surface area contributed by atoms with Gasteiger partial charge in [-0.1, -0.05) is 24.6 Å². The summed E-state index contributed by atoms with van der Waals surface area (Å²) in [4.78, 5) is 11.5. The molecular formula is C17H24O4. The van der Waals surface area contributed by atoms with E-state index < -0.39 is 5.97 Å². The zero-order valence-electron chi connectivity index (χ0n) is 12.6. The van der Waals surface area contributed by atoms with Crippen LogP contribution < -0.4 is 4.74 Å². The predicted molar refractivity (Wildman–Crippen MR) is 80.6 cm³/mol. The minimum Gasteiger partial charge on any atom is -0.496 e. The highest BCUT2D eigenvalue weighted by Crippen LogP contribution is 2.25. The molecule has 1 fully saturated rings. The van der Waals surface area contributed by atoms with Crippen molar-refractivity contribution in [3.8, 4) is 5.75 Å². The summed E-state index contributed by atoms with van der Waals surface area (Å²) < 4.78 is 10.9. The topological polar surface area (TPSA) is 55.8 Å². The molecular weight excluding hydrogens is 268 g/mol. The van der Waals surface area contributed by atoms with E-state index in [1.54, 1.807) is 7.11 Å². The van der Waals surface area contributed by atoms with Gasteiger partial charge in [0.2, 0.25) is 0 Å². The van der Waals surface area contributed by atoms with Crippen LogP contribution >= 0.6 is 0 Å². The van der Waals surface area contributed by atoms with Crippen LogP contribution in [0.2, 0.25) is 0 Å². The van der Waals surface area contributed by atoms with Crippen molar-refractivity contribution >= 4 is 5.97 Å². The van der Waals surface area contributed by atoms with Crippen LogP contribution in [-0.4, -0.2) is 30.9 Å². The molecule has 2 unspecified atom stereocenters. The van der Waals surface area contributed by atoms with Crippen LogP contribution in [0.4, 0.5) is 0 Å². The van der Waals surface area contributed by atoms with Gasteiger partial charge in [0.25, 0.3) is 0 Å². The molecule has 0 bridgehead atoms. The quantitative estimate of drug-likeness (QED) is 0.799. The molecule has 1 aliphatic heterocycles. The Labute approximate surface area is 126 Å². The maximum atomic E-state index is 11.5. The number of rotatable bonds is 8. The maximum Gasteiger partial charge on any atom is 0.306 e. The van der Waals surface area contributed by atoms with Gasteiger partial charge in [-0.2, -0.15) is 0 Å². The number of benzene rings is 1. The SMILES string of the molecule is COc1ccccc1CC(CCCC1CCCO1)C(=O)O. The lowest BCUT2D eigenvalue weighted by Gasteiger charge is -2.16. The molecule has 1 heterocycles. The molecule has 1 N–H and O–H groups in total. The Kier molecular flexibility index (Phi) is 6.05. The van der Waals surface area contributed by atoms with E-state index in [4.69, 9.17) is 9.47 Å². The molecule has 116 valence electrons. The van der Waals surface area contributed by atoms with Gasteiger partial charge < -0.3 is 14.6 Å². The maximum absolute atomic E-state index is 11.5. The first kappa shape index (κ1) is 15.8. The molecule has 1 aliphatic rings. The fourth-order valence-corrected chi connectivity index (χ4v) is 2.91. The third-order valence-corrected chi connectivity index (χ3v) is 4.11. The third kappa shape index (κ3) is 4.74. The Morgan fingerprint density at radius 2 is 2.29 bits per heavy atom. The molecule has 2 atom stereocenters. The van der Waals surface area contributed by atoms with Crippen molar-refractivity contribution in [3.63, 3.8) is 0 Å². The summed E-state index contributed by atoms with van der Waals surface area (Å²) in [5.74, 6) is -0.321. The van der Waals surface area contributed by atoms with Crippen LogP contribution in [-0.2, 0) is 16.0 Å². The average molecular weight is 292 g/mol. The van der Waals surface area contributed by atoms with Gasteiger partial charge in [-0.15, -0.1) is 0 Å². The average Bonchev–Trinajstić information content (AvgIpc) is 2.99. The smallest absolute Gasteiger partial charge is 0.306 e. The number of aliphatic carboxylic acids is 1. The Bertz CT molecular complexity index is 452. The van der Waals surface area contributed by atoms with E-state index in [1.807, 2.05) is 24.3 Å². The van der Waals surface area contributed by atoms with Gasteiger partial charge in [0.1, 0.15) is 5.75 Å². The van der Waals surface area contributed by atoms with E-state index >= 15 is 0 Å². The molecule has 2 rings (SSSR count). The van der Waals surface area contributed by atoms with E-state index in [0.29, 0.717) is 18.9 Å². The number of ether oxygens (including phenoxy) is 2. The lowest BCUT2D eigenvalue weighted by molar-refractivity contribution is -0.142. The van der Waals surface area contributed by atoms with Crippen molar-refractivity contribution in [2.24, 2.45) is 5.92 Å². The first-order valence-electron chi connectivity index (χ1n) is 7.67. The Hall–Kier alpha value is -1.55. The largest absolute Gasteiger partial charge is 0.496 e. The lowest BCUT2D eigenvalue weighted by Crippen LogP contribution is -2.17. The molecule has 0 amide bonds. The monoisotopic (exact) mass is 292 g/mol. The molecule has 4 nitrogen and oxygen atoms in total. The number of hydrogen-bond donors (Lipinski definition) is 1. The van der Waals surface area contributed by atoms with Crippen LogP contribution in [0.15, 0.2) is 24.3 Å². The minimum absolute atomic E-state index is 0.339. The van der Waals surface area contributed by atoms with Gasteiger partial charge in [-0.05, 0) is 43.7 Å². The van der Waals surface area contributed by atoms with Crippen molar-refractivity contribution in [3.05, 3.63) is 29.8 Å². The third-order valence-electron chi connectivity index (χ3n) is 4.11. The molecule has 0 aliphatic carbocycles. The highest BCUT2D eigenvalue weighted by Gasteiger charge is 2.21. The molecule has 1 saturated heterocycles. The molecule has 4 heteroatoms. The van der Waals surface area contributed by atoms with Crippen LogP contribution in [0.1, 0.15) is 37.7 Å². The van der Waals surface area contributed by atoms with Gasteiger partial charge in [0.05, 0.1) is 19.1 Å². The normalized spacial score (nSPS) is 19.4. The number of carboxylic acid groups (broad SMARTS) is 1. The highest BCUT2D eigenvalue weighted by atomic mass is 16.5. The zero-order valence-corrected chi connectivity index (χ0v) is 12.6. The summed E-state index contributed by atoms with van der Waals surface area (Å²) in [6.45, 7) is 0.855. The van der Waals surface area contributed by atoms with Crippen LogP contribution in [0.3, 0.4) is 0 Å². The number of carboxylic acids is 1. The molecule has 0 radical (unpaired) electrons. The lowest BCUT2D eigenvalue weighted by atomic mass is 9.93. The summed E-state index contributed by atoms with van der Waals surface area (Å²) >= 11 is 0. The fraction of sp³-hybridized carbons (Fsp3) is 0.588. The van der Waals surface area contributed by atoms with Gasteiger partial charge in [0.15, 0.2) is 0 Å². The van der Waals surface area contributed by atoms with Gasteiger partial charge in [-0.3, -0.25) is 4.79 Å². The van der Waals surface area contributed by atoms with Gasteiger partial charge >= 0.3 is 5.97 Å². The summed E-state index contributed by atoms with van der Waals surface area (Å²) in [6, 6.07) is 7.63. The Morgan fingerprint density at radius 3 is 2.95 bits per heavy atom. The first-order chi connectivity index (χ1) is 10.2. The van der Waals surface area contributed by atoms with E-state index in [-0.39, 0.29) is 5.92 Å². The summed E-state index contributed by atoms with van der Waals surface area (Å²) in [5, 5.41) is 9.42. The van der Waals surface area contributed by atoms with Crippen LogP contribution in [0.25, 0.3) is 0 Å². The Balaban J connectivity index is 1.87. The second kappa shape index (κ2) is 8.03. The Morgan fingerprint density at radius 1 is 1.48 bits per heavy atom. The van der Waals surface area contributed by atoms with Crippen molar-refractivity contribution < 1.29 is 19.4 Å². The van der Waals surface area contributed by atoms with E-state index in [2.05, 4.69) is 0 Å². The standard InChI is InChI=1S/C17H24O4/c1-20-16-10-3-2-6-13(16)12-14(17(18)19)7-4-8-15-9-5-11-21-15/h2-3,6,10,14-15H,4-5,7-9,11-12H2,1H3,(H,18,19). The molecule has 0 spiro atoms.